The van der Waals surface area contributed by atoms with Gasteiger partial charge in [-0.2, -0.15) is 5.26 Å². The van der Waals surface area contributed by atoms with Crippen molar-refractivity contribution in [3.05, 3.63) is 65.9 Å². The summed E-state index contributed by atoms with van der Waals surface area (Å²) in [7, 11) is 1.40. The minimum Gasteiger partial charge on any atom is -0.469 e. The number of benzene rings is 2. The van der Waals surface area contributed by atoms with Crippen molar-refractivity contribution < 1.29 is 14.3 Å². The molecule has 1 N–H and O–H groups in total. The second kappa shape index (κ2) is 10.8. The Kier molecular flexibility index (Phi) is 7.33. The van der Waals surface area contributed by atoms with Crippen molar-refractivity contribution in [1.82, 2.24) is 15.3 Å². The van der Waals surface area contributed by atoms with Crippen LogP contribution in [-0.2, 0) is 20.7 Å². The van der Waals surface area contributed by atoms with Crippen LogP contribution in [0.5, 0.6) is 0 Å². The smallest absolute Gasteiger partial charge is 0.308 e. The number of para-hydroxylation sites is 2. The van der Waals surface area contributed by atoms with E-state index in [1.165, 1.54) is 7.11 Å². The van der Waals surface area contributed by atoms with Crippen LogP contribution in [0.15, 0.2) is 54.6 Å². The van der Waals surface area contributed by atoms with Gasteiger partial charge in [-0.1, -0.05) is 42.5 Å². The first kappa shape index (κ1) is 23.2. The van der Waals surface area contributed by atoms with E-state index in [1.807, 2.05) is 59.5 Å². The molecule has 0 spiro atoms. The first-order valence-electron chi connectivity index (χ1n) is 11.4. The van der Waals surface area contributed by atoms with Gasteiger partial charge in [-0.15, -0.1) is 0 Å². The van der Waals surface area contributed by atoms with Crippen LogP contribution in [0.4, 0.5) is 5.82 Å². The fraction of sp³-hybridized carbons (Fsp3) is 0.346. The number of anilines is 1. The third kappa shape index (κ3) is 5.15. The van der Waals surface area contributed by atoms with Crippen molar-refractivity contribution in [3.8, 4) is 6.07 Å². The van der Waals surface area contributed by atoms with Crippen molar-refractivity contribution in [2.45, 2.75) is 25.2 Å². The van der Waals surface area contributed by atoms with Crippen molar-refractivity contribution in [2.75, 3.05) is 31.6 Å². The van der Waals surface area contributed by atoms with Crippen LogP contribution in [0.2, 0.25) is 0 Å². The molecule has 4 rings (SSSR count). The van der Waals surface area contributed by atoms with Gasteiger partial charge in [0, 0.05) is 19.6 Å². The molecule has 8 nitrogen and oxygen atoms in total. The Balaban J connectivity index is 1.57. The van der Waals surface area contributed by atoms with Crippen LogP contribution < -0.4 is 10.2 Å². The summed E-state index contributed by atoms with van der Waals surface area (Å²) in [4.78, 5) is 36.5. The molecular weight excluding hydrogens is 430 g/mol. The number of esters is 1. The number of nitrogens with zero attached hydrogens (tertiary/aromatic N) is 4. The molecule has 1 amide bonds. The molecule has 8 heteroatoms. The summed E-state index contributed by atoms with van der Waals surface area (Å²) in [5.41, 5.74) is 2.77. The van der Waals surface area contributed by atoms with Crippen LogP contribution in [0.25, 0.3) is 11.0 Å². The molecule has 0 aliphatic carbocycles. The fourth-order valence-electron chi connectivity index (χ4n) is 4.25. The molecule has 1 fully saturated rings. The number of piperidine rings is 1. The topological polar surface area (TPSA) is 108 Å². The van der Waals surface area contributed by atoms with E-state index in [1.54, 1.807) is 0 Å². The molecule has 0 bridgehead atoms. The highest BCUT2D eigenvalue weighted by atomic mass is 16.5. The molecule has 0 radical (unpaired) electrons. The molecule has 2 heterocycles. The number of carbonyl (C=O) groups is 2. The van der Waals surface area contributed by atoms with Crippen molar-refractivity contribution in [3.63, 3.8) is 0 Å². The monoisotopic (exact) mass is 457 g/mol. The Morgan fingerprint density at radius 3 is 2.38 bits per heavy atom. The van der Waals surface area contributed by atoms with Gasteiger partial charge in [0.25, 0.3) is 0 Å². The van der Waals surface area contributed by atoms with E-state index in [9.17, 15) is 14.9 Å². The lowest BCUT2D eigenvalue weighted by atomic mass is 9.96. The molecule has 0 saturated carbocycles. The molecule has 0 unspecified atom stereocenters. The van der Waals surface area contributed by atoms with Gasteiger partial charge in [-0.3, -0.25) is 9.59 Å². The maximum absolute atomic E-state index is 13.0. The number of ether oxygens (including phenoxy) is 1. The van der Waals surface area contributed by atoms with E-state index in [0.29, 0.717) is 61.4 Å². The van der Waals surface area contributed by atoms with E-state index >= 15 is 0 Å². The van der Waals surface area contributed by atoms with Crippen LogP contribution >= 0.6 is 0 Å². The summed E-state index contributed by atoms with van der Waals surface area (Å²) >= 11 is 0. The van der Waals surface area contributed by atoms with Crippen molar-refractivity contribution in [1.29, 1.82) is 5.26 Å². The van der Waals surface area contributed by atoms with E-state index in [0.717, 1.165) is 5.56 Å². The standard InChI is InChI=1S/C26H27N5O3/c1-34-26(33)19-12-15-31(16-13-19)24-23(29-21-9-5-6-10-22(21)30-24)20(17-27)25(32)28-14-11-18-7-3-2-4-8-18/h2-10,19-20H,11-16H2,1H3,(H,28,32)/t20-/m0/s1. The summed E-state index contributed by atoms with van der Waals surface area (Å²) < 4.78 is 4.89. The normalized spacial score (nSPS) is 14.9. The highest BCUT2D eigenvalue weighted by molar-refractivity contribution is 5.89. The van der Waals surface area contributed by atoms with Crippen molar-refractivity contribution in [2.24, 2.45) is 5.92 Å². The minimum atomic E-state index is -1.10. The van der Waals surface area contributed by atoms with Gasteiger partial charge in [0.2, 0.25) is 5.91 Å². The average Bonchev–Trinajstić information content (AvgIpc) is 2.89. The lowest BCUT2D eigenvalue weighted by Gasteiger charge is -2.33. The summed E-state index contributed by atoms with van der Waals surface area (Å²) in [5, 5.41) is 12.8. The zero-order chi connectivity index (χ0) is 23.9. The molecule has 1 saturated heterocycles. The zero-order valence-electron chi connectivity index (χ0n) is 19.1. The predicted octanol–water partition coefficient (Wildman–Crippen LogP) is 2.99. The number of hydrogen-bond acceptors (Lipinski definition) is 7. The molecule has 1 atom stereocenters. The lowest BCUT2D eigenvalue weighted by Crippen LogP contribution is -2.39. The minimum absolute atomic E-state index is 0.161. The Bertz CT molecular complexity index is 1200. The van der Waals surface area contributed by atoms with Crippen LogP contribution in [0, 0.1) is 17.2 Å². The molecular formula is C26H27N5O3. The van der Waals surface area contributed by atoms with E-state index in [2.05, 4.69) is 11.4 Å². The first-order chi connectivity index (χ1) is 16.6. The molecule has 174 valence electrons. The number of rotatable bonds is 7. The Morgan fingerprint density at radius 1 is 1.09 bits per heavy atom. The maximum atomic E-state index is 13.0. The third-order valence-corrected chi connectivity index (χ3v) is 6.13. The quantitative estimate of drug-likeness (QED) is 0.543. The average molecular weight is 458 g/mol. The zero-order valence-corrected chi connectivity index (χ0v) is 19.1. The largest absolute Gasteiger partial charge is 0.469 e. The first-order valence-corrected chi connectivity index (χ1v) is 11.4. The van der Waals surface area contributed by atoms with Gasteiger partial charge in [-0.05, 0) is 37.0 Å². The van der Waals surface area contributed by atoms with Crippen LogP contribution in [-0.4, -0.2) is 48.6 Å². The van der Waals surface area contributed by atoms with Gasteiger partial charge >= 0.3 is 5.97 Å². The third-order valence-electron chi connectivity index (χ3n) is 6.13. The number of carbonyl (C=O) groups excluding carboxylic acids is 2. The molecule has 2 aromatic carbocycles. The van der Waals surface area contributed by atoms with E-state index in [-0.39, 0.29) is 11.9 Å². The van der Waals surface area contributed by atoms with Crippen LogP contribution in [0.1, 0.15) is 30.0 Å². The number of amides is 1. The highest BCUT2D eigenvalue weighted by Gasteiger charge is 2.32. The second-order valence-electron chi connectivity index (χ2n) is 8.29. The molecule has 1 aromatic heterocycles. The summed E-state index contributed by atoms with van der Waals surface area (Å²) in [6.45, 7) is 1.54. The lowest BCUT2D eigenvalue weighted by molar-refractivity contribution is -0.146. The number of aromatic nitrogens is 2. The summed E-state index contributed by atoms with van der Waals surface area (Å²) in [5.74, 6) is -1.34. The summed E-state index contributed by atoms with van der Waals surface area (Å²) in [6.07, 6.45) is 1.89. The SMILES string of the molecule is COC(=O)C1CCN(c2nc3ccccc3nc2[C@H](C#N)C(=O)NCCc2ccccc2)CC1. The van der Waals surface area contributed by atoms with Gasteiger partial charge in [0.15, 0.2) is 11.7 Å². The van der Waals surface area contributed by atoms with Gasteiger partial charge in [-0.25, -0.2) is 9.97 Å². The van der Waals surface area contributed by atoms with E-state index in [4.69, 9.17) is 14.7 Å². The number of hydrogen-bond donors (Lipinski definition) is 1. The Hall–Kier alpha value is -3.99. The summed E-state index contributed by atoms with van der Waals surface area (Å²) in [6, 6.07) is 19.4. The molecule has 1 aliphatic heterocycles. The number of methoxy groups -OCH3 is 1. The molecule has 1 aliphatic rings. The number of nitrogens with one attached hydrogen (secondary N) is 1. The predicted molar refractivity (Wildman–Crippen MR) is 128 cm³/mol. The van der Waals surface area contributed by atoms with Gasteiger partial charge < -0.3 is 15.0 Å². The number of fused-ring (bicyclic) bond motifs is 1. The number of nitriles is 1. The Morgan fingerprint density at radius 2 is 1.74 bits per heavy atom. The highest BCUT2D eigenvalue weighted by Crippen LogP contribution is 2.30. The van der Waals surface area contributed by atoms with Crippen molar-refractivity contribution >= 4 is 28.7 Å². The van der Waals surface area contributed by atoms with Gasteiger partial charge in [0.05, 0.1) is 30.1 Å². The second-order valence-corrected chi connectivity index (χ2v) is 8.29. The maximum Gasteiger partial charge on any atom is 0.308 e. The fourth-order valence-corrected chi connectivity index (χ4v) is 4.25. The van der Waals surface area contributed by atoms with Gasteiger partial charge in [0.1, 0.15) is 5.69 Å². The Labute approximate surface area is 198 Å². The van der Waals surface area contributed by atoms with E-state index < -0.39 is 11.8 Å². The van der Waals surface area contributed by atoms with Crippen LogP contribution in [0.3, 0.4) is 0 Å². The molecule has 3 aromatic rings. The molecule has 34 heavy (non-hydrogen) atoms.